The number of rotatable bonds is 5. The number of oxazole rings is 1. The summed E-state index contributed by atoms with van der Waals surface area (Å²) in [6, 6.07) is 17.3. The molecule has 2 aromatic carbocycles. The van der Waals surface area contributed by atoms with E-state index in [-0.39, 0.29) is 17.8 Å². The highest BCUT2D eigenvalue weighted by molar-refractivity contribution is 5.95. The predicted molar refractivity (Wildman–Crippen MR) is 110 cm³/mol. The topological polar surface area (TPSA) is 84.7 Å². The number of aromatic nitrogens is 1. The van der Waals surface area contributed by atoms with Crippen molar-refractivity contribution >= 4 is 34.7 Å². The molecule has 7 heteroatoms. The van der Waals surface area contributed by atoms with Crippen LogP contribution in [0, 0.1) is 5.92 Å². The molecule has 1 unspecified atom stereocenters. The molecule has 0 saturated carbocycles. The Morgan fingerprint density at radius 3 is 2.52 bits per heavy atom. The van der Waals surface area contributed by atoms with E-state index in [1.54, 1.807) is 19.1 Å². The zero-order valence-electron chi connectivity index (χ0n) is 16.2. The highest BCUT2D eigenvalue weighted by Crippen LogP contribution is 2.27. The molecule has 0 radical (unpaired) electrons. The van der Waals surface area contributed by atoms with Crippen molar-refractivity contribution in [3.05, 3.63) is 54.6 Å². The van der Waals surface area contributed by atoms with Gasteiger partial charge in [0.25, 0.3) is 11.9 Å². The van der Waals surface area contributed by atoms with E-state index in [4.69, 9.17) is 9.15 Å². The van der Waals surface area contributed by atoms with Crippen molar-refractivity contribution in [1.29, 1.82) is 0 Å². The van der Waals surface area contributed by atoms with Crippen LogP contribution in [0.15, 0.2) is 59.0 Å². The molecule has 4 rings (SSSR count). The third-order valence-corrected chi connectivity index (χ3v) is 5.08. The van der Waals surface area contributed by atoms with Crippen LogP contribution < -0.4 is 10.2 Å². The van der Waals surface area contributed by atoms with Crippen molar-refractivity contribution in [1.82, 2.24) is 4.98 Å². The highest BCUT2D eigenvalue weighted by Gasteiger charge is 2.30. The van der Waals surface area contributed by atoms with Gasteiger partial charge >= 0.3 is 5.97 Å². The molecule has 3 aromatic rings. The van der Waals surface area contributed by atoms with Gasteiger partial charge in [-0.3, -0.25) is 9.59 Å². The van der Waals surface area contributed by atoms with Crippen LogP contribution in [-0.4, -0.2) is 36.1 Å². The molecule has 0 aliphatic carbocycles. The van der Waals surface area contributed by atoms with E-state index in [0.29, 0.717) is 37.6 Å². The van der Waals surface area contributed by atoms with Crippen LogP contribution in [0.5, 0.6) is 0 Å². The maximum Gasteiger partial charge on any atom is 0.309 e. The highest BCUT2D eigenvalue weighted by atomic mass is 16.5. The standard InChI is InChI=1S/C22H23N3O4/c1-15(20(26)23-17-7-3-2-4-8-17)28-21(27)16-11-13-25(14-12-16)22-24-18-9-5-6-10-19(18)29-22/h2-10,15-16H,11-14H2,1H3,(H,23,26). The van der Waals surface area contributed by atoms with Gasteiger partial charge in [-0.15, -0.1) is 0 Å². The Labute approximate surface area is 168 Å². The number of esters is 1. The Kier molecular flexibility index (Phi) is 5.46. The van der Waals surface area contributed by atoms with Crippen molar-refractivity contribution in [2.45, 2.75) is 25.9 Å². The lowest BCUT2D eigenvalue weighted by molar-refractivity contribution is -0.158. The monoisotopic (exact) mass is 393 g/mol. The van der Waals surface area contributed by atoms with Gasteiger partial charge in [-0.1, -0.05) is 30.3 Å². The zero-order valence-corrected chi connectivity index (χ0v) is 16.2. The summed E-state index contributed by atoms with van der Waals surface area (Å²) in [7, 11) is 0. The minimum Gasteiger partial charge on any atom is -0.452 e. The second kappa shape index (κ2) is 8.34. The molecule has 150 valence electrons. The molecule has 1 aromatic heterocycles. The van der Waals surface area contributed by atoms with Crippen LogP contribution >= 0.6 is 0 Å². The number of fused-ring (bicyclic) bond motifs is 1. The largest absolute Gasteiger partial charge is 0.452 e. The first-order valence-electron chi connectivity index (χ1n) is 9.77. The number of carbonyl (C=O) groups is 2. The Hall–Kier alpha value is -3.35. The number of amides is 1. The Balaban J connectivity index is 1.29. The van der Waals surface area contributed by atoms with Gasteiger partial charge in [0.05, 0.1) is 5.92 Å². The molecule has 1 fully saturated rings. The molecule has 1 amide bonds. The molecule has 2 heterocycles. The minimum atomic E-state index is -0.849. The molecule has 1 saturated heterocycles. The lowest BCUT2D eigenvalue weighted by Gasteiger charge is -2.30. The predicted octanol–water partition coefficient (Wildman–Crippen LogP) is 3.61. The summed E-state index contributed by atoms with van der Waals surface area (Å²) >= 11 is 0. The molecule has 0 spiro atoms. The number of hydrogen-bond donors (Lipinski definition) is 1. The van der Waals surface area contributed by atoms with Gasteiger partial charge in [0.15, 0.2) is 11.7 Å². The fourth-order valence-corrected chi connectivity index (χ4v) is 3.39. The molecule has 29 heavy (non-hydrogen) atoms. The van der Waals surface area contributed by atoms with Crippen LogP contribution in [0.3, 0.4) is 0 Å². The lowest BCUT2D eigenvalue weighted by atomic mass is 9.97. The van der Waals surface area contributed by atoms with Gasteiger partial charge in [0, 0.05) is 18.8 Å². The van der Waals surface area contributed by atoms with E-state index in [1.165, 1.54) is 0 Å². The summed E-state index contributed by atoms with van der Waals surface area (Å²) in [6.45, 7) is 2.89. The van der Waals surface area contributed by atoms with Crippen molar-refractivity contribution in [2.24, 2.45) is 5.92 Å². The average molecular weight is 393 g/mol. The van der Waals surface area contributed by atoms with Crippen LogP contribution in [0.2, 0.25) is 0 Å². The van der Waals surface area contributed by atoms with Crippen molar-refractivity contribution in [2.75, 3.05) is 23.3 Å². The summed E-state index contributed by atoms with van der Waals surface area (Å²) in [4.78, 5) is 31.3. The van der Waals surface area contributed by atoms with Crippen LogP contribution in [0.4, 0.5) is 11.7 Å². The van der Waals surface area contributed by atoms with Crippen LogP contribution in [0.1, 0.15) is 19.8 Å². The maximum absolute atomic E-state index is 12.5. The molecular formula is C22H23N3O4. The number of para-hydroxylation sites is 3. The summed E-state index contributed by atoms with van der Waals surface area (Å²) in [6.07, 6.45) is 0.410. The second-order valence-corrected chi connectivity index (χ2v) is 7.16. The third-order valence-electron chi connectivity index (χ3n) is 5.08. The van der Waals surface area contributed by atoms with E-state index in [9.17, 15) is 9.59 Å². The Morgan fingerprint density at radius 1 is 1.10 bits per heavy atom. The summed E-state index contributed by atoms with van der Waals surface area (Å²) in [5.74, 6) is -0.908. The smallest absolute Gasteiger partial charge is 0.309 e. The quantitative estimate of drug-likeness (QED) is 0.667. The van der Waals surface area contributed by atoms with E-state index < -0.39 is 6.10 Å². The number of ether oxygens (including phenoxy) is 1. The number of anilines is 2. The SMILES string of the molecule is CC(OC(=O)C1CCN(c2nc3ccccc3o2)CC1)C(=O)Nc1ccccc1. The number of piperidine rings is 1. The summed E-state index contributed by atoms with van der Waals surface area (Å²) in [5, 5.41) is 2.75. The summed E-state index contributed by atoms with van der Waals surface area (Å²) < 4.78 is 11.2. The number of nitrogens with one attached hydrogen (secondary N) is 1. The second-order valence-electron chi connectivity index (χ2n) is 7.16. The van der Waals surface area contributed by atoms with Crippen molar-refractivity contribution in [3.8, 4) is 0 Å². The van der Waals surface area contributed by atoms with Crippen LogP contribution in [-0.2, 0) is 14.3 Å². The number of nitrogens with zero attached hydrogens (tertiary/aromatic N) is 2. The van der Waals surface area contributed by atoms with E-state index in [2.05, 4.69) is 10.3 Å². The van der Waals surface area contributed by atoms with Gasteiger partial charge in [-0.2, -0.15) is 4.98 Å². The Bertz CT molecular complexity index is 960. The molecule has 1 atom stereocenters. The average Bonchev–Trinajstić information content (AvgIpc) is 3.19. The summed E-state index contributed by atoms with van der Waals surface area (Å²) in [5.41, 5.74) is 2.25. The first kappa shape index (κ1) is 19.0. The zero-order chi connectivity index (χ0) is 20.2. The first-order chi connectivity index (χ1) is 14.1. The fourth-order valence-electron chi connectivity index (χ4n) is 3.39. The number of benzene rings is 2. The molecule has 1 aliphatic rings. The molecule has 1 aliphatic heterocycles. The van der Waals surface area contributed by atoms with Crippen molar-refractivity contribution < 1.29 is 18.7 Å². The van der Waals surface area contributed by atoms with Gasteiger partial charge in [0.2, 0.25) is 0 Å². The van der Waals surface area contributed by atoms with Gasteiger partial charge in [0.1, 0.15) is 5.52 Å². The van der Waals surface area contributed by atoms with E-state index >= 15 is 0 Å². The van der Waals surface area contributed by atoms with E-state index in [0.717, 1.165) is 11.1 Å². The fraction of sp³-hybridized carbons (Fsp3) is 0.318. The van der Waals surface area contributed by atoms with Gasteiger partial charge < -0.3 is 19.4 Å². The molecule has 0 bridgehead atoms. The normalized spacial score (nSPS) is 15.8. The molecule has 7 nitrogen and oxygen atoms in total. The Morgan fingerprint density at radius 2 is 1.79 bits per heavy atom. The molecular weight excluding hydrogens is 370 g/mol. The third kappa shape index (κ3) is 4.39. The minimum absolute atomic E-state index is 0.234. The van der Waals surface area contributed by atoms with Gasteiger partial charge in [-0.05, 0) is 44.0 Å². The number of carbonyl (C=O) groups excluding carboxylic acids is 2. The molecule has 1 N–H and O–H groups in total. The van der Waals surface area contributed by atoms with Crippen LogP contribution in [0.25, 0.3) is 11.1 Å². The van der Waals surface area contributed by atoms with Gasteiger partial charge in [-0.25, -0.2) is 0 Å². The number of hydrogen-bond acceptors (Lipinski definition) is 6. The van der Waals surface area contributed by atoms with E-state index in [1.807, 2.05) is 47.4 Å². The maximum atomic E-state index is 12.5. The lowest BCUT2D eigenvalue weighted by Crippen LogP contribution is -2.39. The first-order valence-corrected chi connectivity index (χ1v) is 9.77. The van der Waals surface area contributed by atoms with Crippen molar-refractivity contribution in [3.63, 3.8) is 0 Å².